The molecular formula is C3H8N3O+. The van der Waals surface area contributed by atoms with Crippen LogP contribution >= 0.6 is 0 Å². The maximum atomic E-state index is 4.88. The second kappa shape index (κ2) is 0.976. The van der Waals surface area contributed by atoms with Crippen molar-refractivity contribution in [1.82, 2.24) is 10.9 Å². The summed E-state index contributed by atoms with van der Waals surface area (Å²) in [6.45, 7) is 3.03. The van der Waals surface area contributed by atoms with Crippen LogP contribution in [0.1, 0.15) is 0 Å². The van der Waals surface area contributed by atoms with Crippen LogP contribution < -0.4 is 10.9 Å². The van der Waals surface area contributed by atoms with Crippen LogP contribution in [0.25, 0.3) is 0 Å². The monoisotopic (exact) mass is 102 g/mol. The molecule has 0 aliphatic carbocycles. The van der Waals surface area contributed by atoms with Gasteiger partial charge in [-0.15, -0.1) is 0 Å². The van der Waals surface area contributed by atoms with Gasteiger partial charge in [0, 0.05) is 0 Å². The number of hydrogen-bond acceptors (Lipinski definition) is 3. The summed E-state index contributed by atoms with van der Waals surface area (Å²) in [4.78, 5) is 4.88. The number of quaternary nitrogens is 1. The van der Waals surface area contributed by atoms with Gasteiger partial charge in [0.1, 0.15) is 6.54 Å². The van der Waals surface area contributed by atoms with Crippen molar-refractivity contribution in [2.75, 3.05) is 19.8 Å². The van der Waals surface area contributed by atoms with Gasteiger partial charge in [-0.1, -0.05) is 0 Å². The molecule has 0 aromatic carbocycles. The van der Waals surface area contributed by atoms with Crippen LogP contribution in [0.4, 0.5) is 0 Å². The molecule has 2 saturated heterocycles. The first-order chi connectivity index (χ1) is 3.41. The molecule has 0 radical (unpaired) electrons. The van der Waals surface area contributed by atoms with E-state index in [-0.39, 0.29) is 0 Å². The van der Waals surface area contributed by atoms with Gasteiger partial charge in [-0.2, -0.15) is 0 Å². The number of hydroxylamine groups is 2. The van der Waals surface area contributed by atoms with E-state index in [0.29, 0.717) is 4.76 Å². The third kappa shape index (κ3) is 0.450. The summed E-state index contributed by atoms with van der Waals surface area (Å²) in [5.74, 6) is 0. The zero-order valence-electron chi connectivity index (χ0n) is 3.98. The Morgan fingerprint density at radius 1 is 1.57 bits per heavy atom. The van der Waals surface area contributed by atoms with Crippen molar-refractivity contribution in [2.45, 2.75) is 0 Å². The molecular weight excluding hydrogens is 94.1 g/mol. The van der Waals surface area contributed by atoms with Crippen LogP contribution in [0.15, 0.2) is 0 Å². The molecule has 0 aromatic rings. The summed E-state index contributed by atoms with van der Waals surface area (Å²) < 4.78 is 0.639. The molecule has 1 atom stereocenters. The molecule has 2 heterocycles. The Morgan fingerprint density at radius 2 is 2.43 bits per heavy atom. The van der Waals surface area contributed by atoms with Gasteiger partial charge in [-0.3, -0.25) is 5.32 Å². The van der Waals surface area contributed by atoms with Crippen LogP contribution in [-0.4, -0.2) is 24.5 Å². The van der Waals surface area contributed by atoms with E-state index < -0.39 is 0 Å². The molecule has 1 unspecified atom stereocenters. The molecule has 0 amide bonds. The smallest absolute Gasteiger partial charge is 0.186 e. The molecule has 4 nitrogen and oxygen atoms in total. The van der Waals surface area contributed by atoms with Gasteiger partial charge in [-0.25, -0.2) is 0 Å². The Morgan fingerprint density at radius 3 is 2.71 bits per heavy atom. The first-order valence-electron chi connectivity index (χ1n) is 2.45. The molecule has 0 aromatic heterocycles. The van der Waals surface area contributed by atoms with Gasteiger partial charge in [0.05, 0.1) is 12.1 Å². The molecule has 0 saturated carbocycles. The van der Waals surface area contributed by atoms with Crippen molar-refractivity contribution in [1.29, 1.82) is 0 Å². The molecule has 2 aliphatic heterocycles. The van der Waals surface area contributed by atoms with Gasteiger partial charge in [0.25, 0.3) is 0 Å². The lowest BCUT2D eigenvalue weighted by molar-refractivity contribution is -0.917. The lowest BCUT2D eigenvalue weighted by Crippen LogP contribution is -2.26. The van der Waals surface area contributed by atoms with Crippen LogP contribution in [0.5, 0.6) is 0 Å². The Hall–Kier alpha value is -0.160. The Kier molecular flexibility index (Phi) is 0.529. The third-order valence-corrected chi connectivity index (χ3v) is 1.37. The topological polar surface area (TPSA) is 46.5 Å². The fraction of sp³-hybridized carbons (Fsp3) is 1.00. The summed E-state index contributed by atoms with van der Waals surface area (Å²) in [5.41, 5.74) is 2.78. The van der Waals surface area contributed by atoms with Crippen molar-refractivity contribution >= 4 is 0 Å². The summed E-state index contributed by atoms with van der Waals surface area (Å²) >= 11 is 0. The highest BCUT2D eigenvalue weighted by atomic mass is 17.1. The number of nitrogens with one attached hydrogen (secondary N) is 2. The summed E-state index contributed by atoms with van der Waals surface area (Å²) in [7, 11) is 0. The molecule has 2 fully saturated rings. The van der Waals surface area contributed by atoms with Gasteiger partial charge in [0.2, 0.25) is 0 Å². The molecule has 7 heavy (non-hydrogen) atoms. The van der Waals surface area contributed by atoms with Gasteiger partial charge in [-0.05, 0) is 9.69 Å². The third-order valence-electron chi connectivity index (χ3n) is 1.37. The molecule has 4 heteroatoms. The van der Waals surface area contributed by atoms with Crippen molar-refractivity contribution in [3.8, 4) is 0 Å². The summed E-state index contributed by atoms with van der Waals surface area (Å²) in [5, 5.41) is 3.16. The zero-order valence-corrected chi connectivity index (χ0v) is 3.98. The van der Waals surface area contributed by atoms with Crippen molar-refractivity contribution in [2.24, 2.45) is 0 Å². The average Bonchev–Trinajstić information content (AvgIpc) is 2.15. The fourth-order valence-corrected chi connectivity index (χ4v) is 0.812. The van der Waals surface area contributed by atoms with E-state index in [1.807, 2.05) is 0 Å². The highest BCUT2D eigenvalue weighted by molar-refractivity contribution is 4.46. The zero-order chi connectivity index (χ0) is 4.74. The van der Waals surface area contributed by atoms with E-state index in [1.165, 1.54) is 0 Å². The van der Waals surface area contributed by atoms with Gasteiger partial charge in [0.15, 0.2) is 6.67 Å². The lowest BCUT2D eigenvalue weighted by atomic mass is 10.7. The number of nitrogens with zero attached hydrogens (tertiary/aromatic N) is 1. The standard InChI is InChI=1S/C3H8N3O/c1-2-6(3-4-1)5-7-6/h4-5H,1-3H2/q+1. The van der Waals surface area contributed by atoms with E-state index in [1.54, 1.807) is 0 Å². The van der Waals surface area contributed by atoms with Crippen molar-refractivity contribution in [3.63, 3.8) is 0 Å². The quantitative estimate of drug-likeness (QED) is 0.296. The lowest BCUT2D eigenvalue weighted by Gasteiger charge is -1.90. The first kappa shape index (κ1) is 3.80. The number of rotatable bonds is 0. The Labute approximate surface area is 41.5 Å². The maximum Gasteiger partial charge on any atom is 0.186 e. The second-order valence-electron chi connectivity index (χ2n) is 1.95. The molecule has 1 spiro atoms. The van der Waals surface area contributed by atoms with Crippen molar-refractivity contribution in [3.05, 3.63) is 0 Å². The average molecular weight is 102 g/mol. The predicted molar refractivity (Wildman–Crippen MR) is 22.2 cm³/mol. The fourth-order valence-electron chi connectivity index (χ4n) is 0.812. The normalized spacial score (nSPS) is 48.0. The molecule has 2 rings (SSSR count). The molecule has 2 N–H and O–H groups in total. The SMILES string of the molecule is C1C[N+]2(CN1)NO2. The van der Waals surface area contributed by atoms with Gasteiger partial charge < -0.3 is 0 Å². The minimum atomic E-state index is 0.639. The second-order valence-corrected chi connectivity index (χ2v) is 1.95. The molecule has 0 bridgehead atoms. The van der Waals surface area contributed by atoms with Gasteiger partial charge >= 0.3 is 0 Å². The maximum absolute atomic E-state index is 4.88. The predicted octanol–water partition coefficient (Wildman–Crippen LogP) is -1.27. The van der Waals surface area contributed by atoms with E-state index in [2.05, 4.69) is 10.9 Å². The Balaban J connectivity index is 2.07. The van der Waals surface area contributed by atoms with Crippen LogP contribution in [0, 0.1) is 0 Å². The highest BCUT2D eigenvalue weighted by Crippen LogP contribution is 2.15. The highest BCUT2D eigenvalue weighted by Gasteiger charge is 2.49. The van der Waals surface area contributed by atoms with Crippen LogP contribution in [0.3, 0.4) is 0 Å². The minimum Gasteiger partial charge on any atom is -0.260 e. The number of hydrogen-bond donors (Lipinski definition) is 2. The summed E-state index contributed by atoms with van der Waals surface area (Å²) in [6.07, 6.45) is 0. The largest absolute Gasteiger partial charge is 0.260 e. The van der Waals surface area contributed by atoms with E-state index in [9.17, 15) is 0 Å². The molecule has 2 aliphatic rings. The first-order valence-corrected chi connectivity index (χ1v) is 2.45. The van der Waals surface area contributed by atoms with E-state index in [4.69, 9.17) is 4.94 Å². The Bertz CT molecular complexity index is 82.2. The molecule has 40 valence electrons. The summed E-state index contributed by atoms with van der Waals surface area (Å²) in [6, 6.07) is 0. The van der Waals surface area contributed by atoms with Crippen LogP contribution in [0.2, 0.25) is 0 Å². The van der Waals surface area contributed by atoms with Crippen molar-refractivity contribution < 1.29 is 9.69 Å². The van der Waals surface area contributed by atoms with Crippen LogP contribution in [-0.2, 0) is 4.94 Å². The minimum absolute atomic E-state index is 0.639. The van der Waals surface area contributed by atoms with E-state index >= 15 is 0 Å². The van der Waals surface area contributed by atoms with E-state index in [0.717, 1.165) is 19.8 Å².